The molecule has 28 heavy (non-hydrogen) atoms. The smallest absolute Gasteiger partial charge is 0.161 e. The normalized spacial score (nSPS) is 21.4. The van der Waals surface area contributed by atoms with Crippen molar-refractivity contribution in [2.45, 2.75) is 31.6 Å². The maximum absolute atomic E-state index is 10.6. The van der Waals surface area contributed by atoms with Crippen LogP contribution in [0.2, 0.25) is 0 Å². The summed E-state index contributed by atoms with van der Waals surface area (Å²) in [5, 5.41) is 10.6. The summed E-state index contributed by atoms with van der Waals surface area (Å²) >= 11 is 0. The number of aliphatic hydroxyl groups is 1. The van der Waals surface area contributed by atoms with E-state index in [9.17, 15) is 5.11 Å². The van der Waals surface area contributed by atoms with Gasteiger partial charge in [0, 0.05) is 18.4 Å². The molecule has 5 nitrogen and oxygen atoms in total. The molecule has 2 heterocycles. The first-order valence-corrected chi connectivity index (χ1v) is 10.3. The molecule has 2 aromatic carbocycles. The zero-order chi connectivity index (χ0) is 19.2. The lowest BCUT2D eigenvalue weighted by molar-refractivity contribution is -0.932. The molecule has 0 unspecified atom stereocenters. The van der Waals surface area contributed by atoms with Crippen molar-refractivity contribution in [3.63, 3.8) is 0 Å². The van der Waals surface area contributed by atoms with Crippen LogP contribution in [0, 0.1) is 0 Å². The summed E-state index contributed by atoms with van der Waals surface area (Å²) in [6, 6.07) is 18.3. The minimum absolute atomic E-state index is 0.138. The maximum atomic E-state index is 10.6. The zero-order valence-corrected chi connectivity index (χ0v) is 16.3. The number of fused-ring (bicyclic) bond motifs is 1. The van der Waals surface area contributed by atoms with Crippen molar-refractivity contribution in [3.8, 4) is 11.5 Å². The number of likely N-dealkylation sites (tertiary alicyclic amines) is 1. The van der Waals surface area contributed by atoms with Crippen LogP contribution in [0.1, 0.15) is 18.4 Å². The monoisotopic (exact) mass is 384 g/mol. The van der Waals surface area contributed by atoms with Gasteiger partial charge in [0.05, 0.1) is 26.3 Å². The number of aliphatic hydroxyl groups excluding tert-OH is 1. The van der Waals surface area contributed by atoms with Gasteiger partial charge in [-0.15, -0.1) is 0 Å². The van der Waals surface area contributed by atoms with Gasteiger partial charge in [-0.3, -0.25) is 0 Å². The molecule has 0 spiro atoms. The third-order valence-corrected chi connectivity index (χ3v) is 5.66. The molecule has 0 saturated carbocycles. The third kappa shape index (κ3) is 4.85. The van der Waals surface area contributed by atoms with Crippen LogP contribution in [-0.2, 0) is 11.3 Å². The lowest BCUT2D eigenvalue weighted by atomic mass is 10.1. The molecule has 4 rings (SSSR count). The second-order valence-electron chi connectivity index (χ2n) is 8.01. The number of para-hydroxylation sites is 2. The van der Waals surface area contributed by atoms with Gasteiger partial charge in [-0.2, -0.15) is 0 Å². The van der Waals surface area contributed by atoms with E-state index in [1.54, 1.807) is 0 Å². The molecular weight excluding hydrogens is 354 g/mol. The van der Waals surface area contributed by atoms with E-state index in [1.165, 1.54) is 18.4 Å². The minimum Gasteiger partial charge on any atom is -0.486 e. The quantitative estimate of drug-likeness (QED) is 0.711. The first-order chi connectivity index (χ1) is 13.7. The van der Waals surface area contributed by atoms with Gasteiger partial charge < -0.3 is 23.8 Å². The maximum Gasteiger partial charge on any atom is 0.161 e. The molecule has 0 amide bonds. The van der Waals surface area contributed by atoms with Crippen LogP contribution in [0.3, 0.4) is 0 Å². The van der Waals surface area contributed by atoms with E-state index in [2.05, 4.69) is 30.3 Å². The second-order valence-corrected chi connectivity index (χ2v) is 8.01. The molecule has 1 saturated heterocycles. The van der Waals surface area contributed by atoms with Crippen LogP contribution in [0.15, 0.2) is 54.6 Å². The summed E-state index contributed by atoms with van der Waals surface area (Å²) in [4.78, 5) is 0. The molecule has 0 aromatic heterocycles. The summed E-state index contributed by atoms with van der Waals surface area (Å²) in [7, 11) is 0. The Morgan fingerprint density at radius 1 is 1.00 bits per heavy atom. The molecule has 0 bridgehead atoms. The van der Waals surface area contributed by atoms with Gasteiger partial charge in [-0.1, -0.05) is 42.5 Å². The highest BCUT2D eigenvalue weighted by atomic mass is 16.6. The first-order valence-electron chi connectivity index (χ1n) is 10.3. The Kier molecular flexibility index (Phi) is 6.15. The largest absolute Gasteiger partial charge is 0.486 e. The highest BCUT2D eigenvalue weighted by Gasteiger charge is 2.34. The number of nitrogens with zero attached hydrogens (tertiary/aromatic N) is 1. The number of benzene rings is 2. The van der Waals surface area contributed by atoms with Crippen molar-refractivity contribution in [2.75, 3.05) is 39.5 Å². The van der Waals surface area contributed by atoms with Gasteiger partial charge in [-0.05, 0) is 12.1 Å². The molecule has 2 aliphatic heterocycles. The van der Waals surface area contributed by atoms with Crippen LogP contribution in [-0.4, -0.2) is 61.3 Å². The number of hydrogen-bond donors (Lipinski definition) is 1. The van der Waals surface area contributed by atoms with Gasteiger partial charge in [-0.25, -0.2) is 0 Å². The predicted octanol–water partition coefficient (Wildman–Crippen LogP) is 3.01. The van der Waals surface area contributed by atoms with Crippen molar-refractivity contribution >= 4 is 0 Å². The number of rotatable bonds is 8. The standard InChI is InChI=1S/C23H30NO4/c25-20(15-24(12-6-7-13-24)14-19-8-2-1-3-9-19)16-26-17-21-18-27-22-10-4-5-11-23(22)28-21/h1-5,8-11,20-21,25H,6-7,12-18H2/q+1/t20-,21-/m0/s1. The van der Waals surface area contributed by atoms with Crippen molar-refractivity contribution in [3.05, 3.63) is 60.2 Å². The van der Waals surface area contributed by atoms with Crippen molar-refractivity contribution < 1.29 is 23.8 Å². The fraction of sp³-hybridized carbons (Fsp3) is 0.478. The SMILES string of the molecule is O[C@H](COC[C@H]1COc2ccccc2O1)C[N+]1(Cc2ccccc2)CCCC1. The highest BCUT2D eigenvalue weighted by Crippen LogP contribution is 2.31. The zero-order valence-electron chi connectivity index (χ0n) is 16.3. The molecule has 0 radical (unpaired) electrons. The van der Waals surface area contributed by atoms with E-state index in [-0.39, 0.29) is 6.10 Å². The Bertz CT molecular complexity index is 745. The average Bonchev–Trinajstić information content (AvgIpc) is 3.16. The highest BCUT2D eigenvalue weighted by molar-refractivity contribution is 5.40. The van der Waals surface area contributed by atoms with Gasteiger partial charge in [0.2, 0.25) is 0 Å². The van der Waals surface area contributed by atoms with Gasteiger partial charge in [0.25, 0.3) is 0 Å². The van der Waals surface area contributed by atoms with E-state index in [1.807, 2.05) is 24.3 Å². The first kappa shape index (κ1) is 19.2. The summed E-state index contributed by atoms with van der Waals surface area (Å²) in [5.74, 6) is 1.53. The Hall–Kier alpha value is -2.08. The van der Waals surface area contributed by atoms with Crippen LogP contribution in [0.25, 0.3) is 0 Å². The molecule has 150 valence electrons. The number of hydrogen-bond acceptors (Lipinski definition) is 4. The number of ether oxygens (including phenoxy) is 3. The Morgan fingerprint density at radius 2 is 1.71 bits per heavy atom. The Labute approximate surface area is 167 Å². The average molecular weight is 384 g/mol. The molecule has 5 heteroatoms. The predicted molar refractivity (Wildman–Crippen MR) is 107 cm³/mol. The van der Waals surface area contributed by atoms with E-state index >= 15 is 0 Å². The van der Waals surface area contributed by atoms with Crippen LogP contribution >= 0.6 is 0 Å². The Morgan fingerprint density at radius 3 is 2.50 bits per heavy atom. The molecule has 1 fully saturated rings. The third-order valence-electron chi connectivity index (χ3n) is 5.66. The molecule has 2 aromatic rings. The van der Waals surface area contributed by atoms with Crippen molar-refractivity contribution in [2.24, 2.45) is 0 Å². The lowest BCUT2D eigenvalue weighted by Gasteiger charge is -2.36. The van der Waals surface area contributed by atoms with Crippen LogP contribution < -0.4 is 9.47 Å². The Balaban J connectivity index is 1.25. The van der Waals surface area contributed by atoms with Crippen molar-refractivity contribution in [1.82, 2.24) is 0 Å². The van der Waals surface area contributed by atoms with E-state index in [4.69, 9.17) is 14.2 Å². The van der Waals surface area contributed by atoms with Crippen LogP contribution in [0.4, 0.5) is 0 Å². The summed E-state index contributed by atoms with van der Waals surface area (Å²) in [6.45, 7) is 5.19. The van der Waals surface area contributed by atoms with E-state index in [0.29, 0.717) is 19.8 Å². The van der Waals surface area contributed by atoms with Crippen molar-refractivity contribution in [1.29, 1.82) is 0 Å². The van der Waals surface area contributed by atoms with Gasteiger partial charge in [0.1, 0.15) is 25.8 Å². The van der Waals surface area contributed by atoms with E-state index in [0.717, 1.165) is 42.2 Å². The fourth-order valence-corrected chi connectivity index (χ4v) is 4.36. The second kappa shape index (κ2) is 8.95. The van der Waals surface area contributed by atoms with Crippen LogP contribution in [0.5, 0.6) is 11.5 Å². The van der Waals surface area contributed by atoms with Gasteiger partial charge in [0.15, 0.2) is 17.6 Å². The minimum atomic E-state index is -0.474. The molecular formula is C23H30NO4+. The molecule has 1 N–H and O–H groups in total. The lowest BCUT2D eigenvalue weighted by Crippen LogP contribution is -2.50. The number of quaternary nitrogens is 1. The van der Waals surface area contributed by atoms with E-state index < -0.39 is 6.10 Å². The summed E-state index contributed by atoms with van der Waals surface area (Å²) in [5.41, 5.74) is 1.34. The summed E-state index contributed by atoms with van der Waals surface area (Å²) in [6.07, 6.45) is 1.85. The molecule has 0 aliphatic carbocycles. The topological polar surface area (TPSA) is 47.9 Å². The molecule has 2 atom stereocenters. The fourth-order valence-electron chi connectivity index (χ4n) is 4.36. The summed E-state index contributed by atoms with van der Waals surface area (Å²) < 4.78 is 18.4. The molecule has 2 aliphatic rings. The van der Waals surface area contributed by atoms with Gasteiger partial charge >= 0.3 is 0 Å².